The van der Waals surface area contributed by atoms with Crippen LogP contribution in [0.15, 0.2) is 30.4 Å². The minimum absolute atomic E-state index is 0.109. The standard InChI is InChI=1S/C11H11NO4/c1-7(11(13)14)5-12-8-2-3-9-10(4-8)16-6-15-9/h2-4,12H,1,5-6H2,(H,13,14). The van der Waals surface area contributed by atoms with Crippen LogP contribution in [0.25, 0.3) is 0 Å². The Labute approximate surface area is 92.3 Å². The summed E-state index contributed by atoms with van der Waals surface area (Å²) in [4.78, 5) is 10.5. The van der Waals surface area contributed by atoms with Gasteiger partial charge in [-0.3, -0.25) is 0 Å². The Balaban J connectivity index is 2.00. The van der Waals surface area contributed by atoms with Crippen LogP contribution in [0.1, 0.15) is 0 Å². The van der Waals surface area contributed by atoms with Gasteiger partial charge in [-0.2, -0.15) is 0 Å². The van der Waals surface area contributed by atoms with E-state index in [0.29, 0.717) is 11.5 Å². The lowest BCUT2D eigenvalue weighted by Crippen LogP contribution is -2.10. The monoisotopic (exact) mass is 221 g/mol. The normalized spacial score (nSPS) is 12.2. The maximum absolute atomic E-state index is 10.5. The van der Waals surface area contributed by atoms with E-state index in [0.717, 1.165) is 5.69 Å². The molecule has 0 aliphatic carbocycles. The Kier molecular flexibility index (Phi) is 2.68. The van der Waals surface area contributed by atoms with Crippen LogP contribution in [0.2, 0.25) is 0 Å². The Bertz CT molecular complexity index is 442. The molecule has 1 aliphatic rings. The molecule has 0 spiro atoms. The summed E-state index contributed by atoms with van der Waals surface area (Å²) in [6.07, 6.45) is 0. The molecule has 0 saturated heterocycles. The van der Waals surface area contributed by atoms with Crippen molar-refractivity contribution in [3.8, 4) is 11.5 Å². The predicted molar refractivity (Wildman–Crippen MR) is 57.8 cm³/mol. The van der Waals surface area contributed by atoms with Crippen LogP contribution in [0.5, 0.6) is 11.5 Å². The molecule has 0 fully saturated rings. The molecule has 1 heterocycles. The Hall–Kier alpha value is -2.17. The lowest BCUT2D eigenvalue weighted by molar-refractivity contribution is -0.132. The summed E-state index contributed by atoms with van der Waals surface area (Å²) in [5.41, 5.74) is 0.879. The van der Waals surface area contributed by atoms with Crippen molar-refractivity contribution in [1.29, 1.82) is 0 Å². The van der Waals surface area contributed by atoms with Crippen LogP contribution in [-0.2, 0) is 4.79 Å². The van der Waals surface area contributed by atoms with Crippen molar-refractivity contribution in [2.75, 3.05) is 18.7 Å². The average molecular weight is 221 g/mol. The summed E-state index contributed by atoms with van der Waals surface area (Å²) < 4.78 is 10.3. The largest absolute Gasteiger partial charge is 0.478 e. The van der Waals surface area contributed by atoms with Crippen LogP contribution < -0.4 is 14.8 Å². The van der Waals surface area contributed by atoms with E-state index in [-0.39, 0.29) is 18.9 Å². The van der Waals surface area contributed by atoms with Gasteiger partial charge in [0.15, 0.2) is 11.5 Å². The van der Waals surface area contributed by atoms with Crippen molar-refractivity contribution < 1.29 is 19.4 Å². The molecule has 0 amide bonds. The van der Waals surface area contributed by atoms with E-state index in [2.05, 4.69) is 11.9 Å². The van der Waals surface area contributed by atoms with Gasteiger partial charge in [-0.25, -0.2) is 4.79 Å². The molecular weight excluding hydrogens is 210 g/mol. The van der Waals surface area contributed by atoms with Crippen LogP contribution in [0.4, 0.5) is 5.69 Å². The van der Waals surface area contributed by atoms with Crippen molar-refractivity contribution in [3.05, 3.63) is 30.4 Å². The number of rotatable bonds is 4. The maximum Gasteiger partial charge on any atom is 0.332 e. The van der Waals surface area contributed by atoms with Crippen LogP contribution in [-0.4, -0.2) is 24.4 Å². The van der Waals surface area contributed by atoms with Crippen molar-refractivity contribution in [2.45, 2.75) is 0 Å². The number of carbonyl (C=O) groups is 1. The molecule has 0 atom stereocenters. The number of hydrogen-bond acceptors (Lipinski definition) is 4. The second-order valence-corrected chi connectivity index (χ2v) is 3.33. The van der Waals surface area contributed by atoms with E-state index in [4.69, 9.17) is 14.6 Å². The lowest BCUT2D eigenvalue weighted by Gasteiger charge is -2.06. The van der Waals surface area contributed by atoms with E-state index in [9.17, 15) is 4.79 Å². The van der Waals surface area contributed by atoms with Crippen molar-refractivity contribution in [3.63, 3.8) is 0 Å². The van der Waals surface area contributed by atoms with Gasteiger partial charge in [0.25, 0.3) is 0 Å². The minimum Gasteiger partial charge on any atom is -0.478 e. The molecule has 0 bridgehead atoms. The van der Waals surface area contributed by atoms with Gasteiger partial charge >= 0.3 is 5.97 Å². The molecule has 1 aromatic carbocycles. The highest BCUT2D eigenvalue weighted by atomic mass is 16.7. The summed E-state index contributed by atoms with van der Waals surface area (Å²) in [6, 6.07) is 5.33. The summed E-state index contributed by atoms with van der Waals surface area (Å²) in [6.45, 7) is 3.84. The number of carboxylic acid groups (broad SMARTS) is 1. The molecular formula is C11H11NO4. The highest BCUT2D eigenvalue weighted by Crippen LogP contribution is 2.34. The third-order valence-corrected chi connectivity index (χ3v) is 2.18. The smallest absolute Gasteiger partial charge is 0.332 e. The van der Waals surface area contributed by atoms with Crippen molar-refractivity contribution >= 4 is 11.7 Å². The Morgan fingerprint density at radius 2 is 2.19 bits per heavy atom. The van der Waals surface area contributed by atoms with E-state index >= 15 is 0 Å². The fraction of sp³-hybridized carbons (Fsp3) is 0.182. The summed E-state index contributed by atoms with van der Waals surface area (Å²) in [7, 11) is 0. The molecule has 5 heteroatoms. The highest BCUT2D eigenvalue weighted by Gasteiger charge is 2.13. The van der Waals surface area contributed by atoms with Crippen LogP contribution in [0.3, 0.4) is 0 Å². The van der Waals surface area contributed by atoms with Gasteiger partial charge in [-0.1, -0.05) is 6.58 Å². The number of benzene rings is 1. The van der Waals surface area contributed by atoms with Gasteiger partial charge in [0, 0.05) is 23.9 Å². The highest BCUT2D eigenvalue weighted by molar-refractivity contribution is 5.86. The fourth-order valence-electron chi connectivity index (χ4n) is 1.29. The summed E-state index contributed by atoms with van der Waals surface area (Å²) in [5.74, 6) is 0.349. The van der Waals surface area contributed by atoms with Gasteiger partial charge in [0.05, 0.1) is 0 Å². The first-order valence-electron chi connectivity index (χ1n) is 4.71. The fourth-order valence-corrected chi connectivity index (χ4v) is 1.29. The van der Waals surface area contributed by atoms with E-state index in [1.54, 1.807) is 18.2 Å². The first-order chi connectivity index (χ1) is 7.66. The molecule has 0 radical (unpaired) electrons. The van der Waals surface area contributed by atoms with E-state index < -0.39 is 5.97 Å². The zero-order valence-corrected chi connectivity index (χ0v) is 8.53. The van der Waals surface area contributed by atoms with Crippen LogP contribution >= 0.6 is 0 Å². The average Bonchev–Trinajstić information content (AvgIpc) is 2.72. The molecule has 0 saturated carbocycles. The van der Waals surface area contributed by atoms with E-state index in [1.807, 2.05) is 0 Å². The van der Waals surface area contributed by atoms with Crippen molar-refractivity contribution in [2.24, 2.45) is 0 Å². The second kappa shape index (κ2) is 4.14. The lowest BCUT2D eigenvalue weighted by atomic mass is 10.2. The van der Waals surface area contributed by atoms with Gasteiger partial charge in [-0.05, 0) is 12.1 Å². The molecule has 5 nitrogen and oxygen atoms in total. The molecule has 2 rings (SSSR count). The summed E-state index contributed by atoms with van der Waals surface area (Å²) >= 11 is 0. The number of nitrogens with one attached hydrogen (secondary N) is 1. The third kappa shape index (κ3) is 2.08. The first kappa shape index (κ1) is 10.4. The zero-order chi connectivity index (χ0) is 11.5. The number of anilines is 1. The molecule has 0 unspecified atom stereocenters. The Morgan fingerprint density at radius 1 is 1.44 bits per heavy atom. The number of ether oxygens (including phenoxy) is 2. The molecule has 1 aliphatic heterocycles. The second-order valence-electron chi connectivity index (χ2n) is 3.33. The molecule has 16 heavy (non-hydrogen) atoms. The van der Waals surface area contributed by atoms with Crippen LogP contribution in [0, 0.1) is 0 Å². The first-order valence-corrected chi connectivity index (χ1v) is 4.71. The number of hydrogen-bond donors (Lipinski definition) is 2. The van der Waals surface area contributed by atoms with Gasteiger partial charge < -0.3 is 19.9 Å². The predicted octanol–water partition coefficient (Wildman–Crippen LogP) is 1.47. The minimum atomic E-state index is -1.01. The molecule has 84 valence electrons. The summed E-state index contributed by atoms with van der Waals surface area (Å²) in [5, 5.41) is 11.6. The Morgan fingerprint density at radius 3 is 2.94 bits per heavy atom. The SMILES string of the molecule is C=C(CNc1ccc2c(c1)OCO2)C(=O)O. The van der Waals surface area contributed by atoms with Gasteiger partial charge in [0.2, 0.25) is 6.79 Å². The molecule has 1 aromatic rings. The number of carboxylic acids is 1. The van der Waals surface area contributed by atoms with Gasteiger partial charge in [-0.15, -0.1) is 0 Å². The molecule has 0 aromatic heterocycles. The number of aliphatic carboxylic acids is 1. The van der Waals surface area contributed by atoms with Crippen molar-refractivity contribution in [1.82, 2.24) is 0 Å². The molecule has 2 N–H and O–H groups in total. The third-order valence-electron chi connectivity index (χ3n) is 2.18. The number of fused-ring (bicyclic) bond motifs is 1. The quantitative estimate of drug-likeness (QED) is 0.753. The van der Waals surface area contributed by atoms with E-state index in [1.165, 1.54) is 0 Å². The zero-order valence-electron chi connectivity index (χ0n) is 8.53. The topological polar surface area (TPSA) is 67.8 Å². The maximum atomic E-state index is 10.5. The van der Waals surface area contributed by atoms with Gasteiger partial charge in [0.1, 0.15) is 0 Å².